The lowest BCUT2D eigenvalue weighted by Crippen LogP contribution is -2.57. The minimum atomic E-state index is -0.895. The molecule has 10 nitrogen and oxygen atoms in total. The van der Waals surface area contributed by atoms with Gasteiger partial charge in [-0.05, 0) is 56.8 Å². The van der Waals surface area contributed by atoms with Crippen molar-refractivity contribution in [3.8, 4) is 0 Å². The van der Waals surface area contributed by atoms with Gasteiger partial charge in [-0.2, -0.15) is 0 Å². The monoisotopic (exact) mass is 587 g/mol. The van der Waals surface area contributed by atoms with E-state index >= 15 is 0 Å². The molecule has 1 aromatic rings. The van der Waals surface area contributed by atoms with Crippen molar-refractivity contribution in [2.45, 2.75) is 86.4 Å². The van der Waals surface area contributed by atoms with Crippen LogP contribution in [0.5, 0.6) is 0 Å². The van der Waals surface area contributed by atoms with Crippen molar-refractivity contribution in [3.05, 3.63) is 35.9 Å². The number of carbonyl (C=O) groups is 5. The van der Waals surface area contributed by atoms with E-state index < -0.39 is 36.1 Å². The number of hydrogen-bond acceptors (Lipinski definition) is 6. The molecule has 3 fully saturated rings. The molecular formula is C32H53N5O5. The highest BCUT2D eigenvalue weighted by Gasteiger charge is 2.64. The van der Waals surface area contributed by atoms with Gasteiger partial charge in [-0.3, -0.25) is 28.9 Å². The SMILES string of the molecule is CC(C)C.CC(C)C.C[C@H](NC(=O)CNC=O)C(=O)NCC(=O)C(=O)N[C@@]12CN1CCC1CCC12.Cc1ccccc1. The molecule has 3 unspecified atom stereocenters. The fraction of sp³-hybridized carbons (Fsp3) is 0.656. The fourth-order valence-corrected chi connectivity index (χ4v) is 4.66. The maximum absolute atomic E-state index is 12.2. The second kappa shape index (κ2) is 18.3. The first-order valence-electron chi connectivity index (χ1n) is 15.1. The van der Waals surface area contributed by atoms with Crippen molar-refractivity contribution in [1.82, 2.24) is 26.2 Å². The van der Waals surface area contributed by atoms with Crippen LogP contribution in [0.3, 0.4) is 0 Å². The number of Topliss-reactive ketones (excluding diaryl/α,β-unsaturated/α-hetero) is 1. The average Bonchev–Trinajstić information content (AvgIpc) is 3.57. The number of rotatable bonds is 9. The van der Waals surface area contributed by atoms with Crippen molar-refractivity contribution in [3.63, 3.8) is 0 Å². The third-order valence-corrected chi connectivity index (χ3v) is 6.76. The number of ketones is 1. The molecule has 4 N–H and O–H groups in total. The van der Waals surface area contributed by atoms with E-state index in [1.165, 1.54) is 18.9 Å². The molecule has 236 valence electrons. The molecular weight excluding hydrogens is 534 g/mol. The Bertz CT molecular complexity index is 1000. The first-order chi connectivity index (χ1) is 19.7. The van der Waals surface area contributed by atoms with E-state index in [4.69, 9.17) is 0 Å². The van der Waals surface area contributed by atoms with Crippen LogP contribution in [0, 0.1) is 30.6 Å². The number of piperidine rings is 1. The molecule has 4 amide bonds. The Hall–Kier alpha value is -3.27. The Morgan fingerprint density at radius 1 is 0.929 bits per heavy atom. The zero-order valence-electron chi connectivity index (χ0n) is 26.8. The number of nitrogens with one attached hydrogen (secondary N) is 4. The first kappa shape index (κ1) is 36.8. The third-order valence-electron chi connectivity index (χ3n) is 6.76. The Balaban J connectivity index is 0.000000481. The molecule has 10 heteroatoms. The number of nitrogens with zero attached hydrogens (tertiary/aromatic N) is 1. The molecule has 1 aromatic carbocycles. The van der Waals surface area contributed by atoms with E-state index in [2.05, 4.69) is 86.8 Å². The highest BCUT2D eigenvalue weighted by molar-refractivity contribution is 6.37. The minimum absolute atomic E-state index is 0.247. The van der Waals surface area contributed by atoms with Gasteiger partial charge in [-0.15, -0.1) is 0 Å². The third kappa shape index (κ3) is 13.1. The van der Waals surface area contributed by atoms with Gasteiger partial charge in [0.15, 0.2) is 0 Å². The van der Waals surface area contributed by atoms with Crippen molar-refractivity contribution < 1.29 is 24.0 Å². The lowest BCUT2D eigenvalue weighted by Gasteiger charge is -2.46. The second-order valence-corrected chi connectivity index (χ2v) is 12.6. The predicted molar refractivity (Wildman–Crippen MR) is 165 cm³/mol. The molecule has 3 aliphatic rings. The number of hydrogen-bond donors (Lipinski definition) is 4. The summed E-state index contributed by atoms with van der Waals surface area (Å²) in [5.41, 5.74) is 0.965. The molecule has 1 aliphatic carbocycles. The average molecular weight is 588 g/mol. The van der Waals surface area contributed by atoms with Crippen LogP contribution in [0.1, 0.15) is 73.3 Å². The molecule has 2 aliphatic heterocycles. The number of aryl methyl sites for hydroxylation is 1. The van der Waals surface area contributed by atoms with Crippen molar-refractivity contribution in [2.24, 2.45) is 23.7 Å². The fourth-order valence-electron chi connectivity index (χ4n) is 4.66. The van der Waals surface area contributed by atoms with Crippen LogP contribution in [0.25, 0.3) is 0 Å². The van der Waals surface area contributed by atoms with Gasteiger partial charge < -0.3 is 21.3 Å². The zero-order valence-corrected chi connectivity index (χ0v) is 26.8. The zero-order chi connectivity index (χ0) is 31.9. The summed E-state index contributed by atoms with van der Waals surface area (Å²) in [7, 11) is 0. The van der Waals surface area contributed by atoms with E-state index in [1.807, 2.05) is 18.2 Å². The summed E-state index contributed by atoms with van der Waals surface area (Å²) in [5.74, 6) is 0.210. The maximum Gasteiger partial charge on any atom is 0.290 e. The number of amides is 4. The van der Waals surface area contributed by atoms with Gasteiger partial charge in [0.1, 0.15) is 11.7 Å². The quantitative estimate of drug-likeness (QED) is 0.199. The van der Waals surface area contributed by atoms with Crippen LogP contribution >= 0.6 is 0 Å². The molecule has 1 saturated carbocycles. The molecule has 0 radical (unpaired) electrons. The largest absolute Gasteiger partial charge is 0.350 e. The van der Waals surface area contributed by atoms with Crippen molar-refractivity contribution in [1.29, 1.82) is 0 Å². The molecule has 5 atom stereocenters. The maximum atomic E-state index is 12.2. The Labute approximate surface area is 252 Å². The molecule has 42 heavy (non-hydrogen) atoms. The topological polar surface area (TPSA) is 136 Å². The van der Waals surface area contributed by atoms with E-state index in [1.54, 1.807) is 0 Å². The Morgan fingerprint density at radius 2 is 1.52 bits per heavy atom. The summed E-state index contributed by atoms with van der Waals surface area (Å²) in [6.07, 6.45) is 3.78. The summed E-state index contributed by atoms with van der Waals surface area (Å²) in [6, 6.07) is 9.37. The summed E-state index contributed by atoms with van der Waals surface area (Å²) in [6.45, 7) is 17.6. The summed E-state index contributed by atoms with van der Waals surface area (Å²) < 4.78 is 0. The van der Waals surface area contributed by atoms with Gasteiger partial charge in [-0.1, -0.05) is 77.4 Å². The van der Waals surface area contributed by atoms with E-state index in [9.17, 15) is 24.0 Å². The van der Waals surface area contributed by atoms with Gasteiger partial charge in [0.2, 0.25) is 24.0 Å². The Kier molecular flexibility index (Phi) is 16.0. The van der Waals surface area contributed by atoms with Crippen LogP contribution in [0.15, 0.2) is 30.3 Å². The van der Waals surface area contributed by atoms with Crippen LogP contribution in [0.4, 0.5) is 0 Å². The molecule has 2 saturated heterocycles. The van der Waals surface area contributed by atoms with Crippen LogP contribution in [-0.2, 0) is 24.0 Å². The van der Waals surface area contributed by atoms with Gasteiger partial charge in [0.25, 0.3) is 5.91 Å². The van der Waals surface area contributed by atoms with Crippen molar-refractivity contribution in [2.75, 3.05) is 26.2 Å². The van der Waals surface area contributed by atoms with E-state index in [0.717, 1.165) is 37.8 Å². The standard InChI is InChI=1S/C17H25N5O5.C7H8.2C4H10/c1-10(20-14(25)7-18-9-23)15(26)19-6-13(24)16(27)21-17-8-22(17)5-4-11-2-3-12(11)17;1-7-5-3-2-4-6-7;2*1-4(2)3/h9-12H,2-8H2,1H3,(H,18,23)(H,19,26)(H,20,25)(H,21,27);2-6H,1H3;2*4H,1-3H3/t10-,11?,12?,17-,22?;;;/m0.../s1. The van der Waals surface area contributed by atoms with Gasteiger partial charge in [0.05, 0.1) is 13.1 Å². The molecule has 0 bridgehead atoms. The molecule has 0 aromatic heterocycles. The summed E-state index contributed by atoms with van der Waals surface area (Å²) in [4.78, 5) is 60.0. The number of benzene rings is 1. The lowest BCUT2D eigenvalue weighted by molar-refractivity contribution is -0.140. The highest BCUT2D eigenvalue weighted by atomic mass is 16.2. The van der Waals surface area contributed by atoms with E-state index in [0.29, 0.717) is 18.2 Å². The number of fused-ring (bicyclic) bond motifs is 3. The van der Waals surface area contributed by atoms with Crippen LogP contribution < -0.4 is 21.3 Å². The smallest absolute Gasteiger partial charge is 0.290 e. The summed E-state index contributed by atoms with van der Waals surface area (Å²) >= 11 is 0. The van der Waals surface area contributed by atoms with Crippen LogP contribution in [0.2, 0.25) is 0 Å². The van der Waals surface area contributed by atoms with Gasteiger partial charge in [-0.25, -0.2) is 0 Å². The lowest BCUT2D eigenvalue weighted by atomic mass is 9.66. The Morgan fingerprint density at radius 3 is 2.00 bits per heavy atom. The van der Waals surface area contributed by atoms with Gasteiger partial charge >= 0.3 is 0 Å². The van der Waals surface area contributed by atoms with E-state index in [-0.39, 0.29) is 12.2 Å². The van der Waals surface area contributed by atoms with Crippen molar-refractivity contribution >= 4 is 29.9 Å². The molecule has 4 rings (SSSR count). The van der Waals surface area contributed by atoms with Crippen LogP contribution in [-0.4, -0.2) is 72.7 Å². The minimum Gasteiger partial charge on any atom is -0.350 e. The molecule has 2 heterocycles. The predicted octanol–water partition coefficient (Wildman–Crippen LogP) is 2.80. The normalized spacial score (nSPS) is 23.1. The summed E-state index contributed by atoms with van der Waals surface area (Å²) in [5, 5.41) is 9.79. The van der Waals surface area contributed by atoms with Gasteiger partial charge in [0, 0.05) is 13.1 Å². The second-order valence-electron chi connectivity index (χ2n) is 12.6. The molecule has 0 spiro atoms. The highest BCUT2D eigenvalue weighted by Crippen LogP contribution is 2.55. The number of carbonyl (C=O) groups excluding carboxylic acids is 5. The first-order valence-corrected chi connectivity index (χ1v) is 15.1.